The molecule has 1 radical (unpaired) electrons. The van der Waals surface area contributed by atoms with E-state index in [1.54, 1.807) is 0 Å². The van der Waals surface area contributed by atoms with Crippen LogP contribution in [-0.4, -0.2) is 56.7 Å². The minimum absolute atomic E-state index is 0.563. The summed E-state index contributed by atoms with van der Waals surface area (Å²) in [6.45, 7) is -0.563. The van der Waals surface area contributed by atoms with Gasteiger partial charge >= 0.3 is 0 Å². The summed E-state index contributed by atoms with van der Waals surface area (Å²) in [7, 11) is 0. The molecule has 6 nitrogen and oxygen atoms in total. The van der Waals surface area contributed by atoms with Crippen LogP contribution in [0.2, 0.25) is 0 Å². The van der Waals surface area contributed by atoms with E-state index in [0.29, 0.717) is 0 Å². The lowest BCUT2D eigenvalue weighted by Gasteiger charge is -2.36. The quantitative estimate of drug-likeness (QED) is 0.300. The van der Waals surface area contributed by atoms with Crippen LogP contribution in [0.15, 0.2) is 0 Å². The van der Waals surface area contributed by atoms with E-state index in [1.165, 1.54) is 0 Å². The van der Waals surface area contributed by atoms with Crippen LogP contribution in [0, 0.1) is 6.10 Å². The molecule has 1 heterocycles. The zero-order valence-electron chi connectivity index (χ0n) is 6.16. The average molecular weight is 179 g/mol. The molecule has 0 saturated carbocycles. The Morgan fingerprint density at radius 3 is 2.33 bits per heavy atom. The van der Waals surface area contributed by atoms with Gasteiger partial charge in [0, 0.05) is 0 Å². The van der Waals surface area contributed by atoms with Gasteiger partial charge in [-0.05, 0) is 0 Å². The second-order valence-corrected chi connectivity index (χ2v) is 2.56. The van der Waals surface area contributed by atoms with Crippen molar-refractivity contribution in [3.05, 3.63) is 6.10 Å². The fourth-order valence-corrected chi connectivity index (χ4v) is 0.976. The predicted molar refractivity (Wildman–Crippen MR) is 35.2 cm³/mol. The van der Waals surface area contributed by atoms with Crippen molar-refractivity contribution in [2.24, 2.45) is 0 Å². The summed E-state index contributed by atoms with van der Waals surface area (Å²) in [4.78, 5) is 0. The molecule has 1 aliphatic heterocycles. The smallest absolute Gasteiger partial charge is 0.184 e. The Labute approximate surface area is 68.6 Å². The lowest BCUT2D eigenvalue weighted by atomic mass is 10.00. The Hall–Kier alpha value is -0.240. The van der Waals surface area contributed by atoms with Gasteiger partial charge in [0.15, 0.2) is 12.4 Å². The molecule has 0 amide bonds. The molecule has 1 fully saturated rings. The van der Waals surface area contributed by atoms with E-state index in [4.69, 9.17) is 25.5 Å². The molecule has 0 aromatic carbocycles. The highest BCUT2D eigenvalue weighted by molar-refractivity contribution is 5.01. The third-order valence-corrected chi connectivity index (χ3v) is 1.72. The zero-order valence-corrected chi connectivity index (χ0v) is 6.16. The highest BCUT2D eigenvalue weighted by Gasteiger charge is 2.43. The van der Waals surface area contributed by atoms with Gasteiger partial charge in [-0.3, -0.25) is 0 Å². The Bertz CT molecular complexity index is 146. The summed E-state index contributed by atoms with van der Waals surface area (Å²) >= 11 is 0. The first-order valence-electron chi connectivity index (χ1n) is 3.44. The number of hydrogen-bond donors (Lipinski definition) is 5. The maximum atomic E-state index is 9.04. The summed E-state index contributed by atoms with van der Waals surface area (Å²) in [5.74, 6) is 0. The molecule has 0 aliphatic carbocycles. The highest BCUT2D eigenvalue weighted by atomic mass is 16.6. The molecule has 12 heavy (non-hydrogen) atoms. The van der Waals surface area contributed by atoms with Gasteiger partial charge in [-0.2, -0.15) is 0 Å². The van der Waals surface area contributed by atoms with Crippen molar-refractivity contribution < 1.29 is 30.3 Å². The van der Waals surface area contributed by atoms with Gasteiger partial charge in [0.1, 0.15) is 18.3 Å². The Kier molecular flexibility index (Phi) is 2.99. The molecule has 1 aliphatic rings. The largest absolute Gasteiger partial charge is 0.394 e. The van der Waals surface area contributed by atoms with E-state index < -0.39 is 37.3 Å². The first kappa shape index (κ1) is 9.85. The molecule has 6 heteroatoms. The van der Waals surface area contributed by atoms with Crippen LogP contribution in [-0.2, 0) is 4.74 Å². The van der Waals surface area contributed by atoms with Gasteiger partial charge in [0.2, 0.25) is 0 Å². The Balaban J connectivity index is 2.63. The van der Waals surface area contributed by atoms with Crippen LogP contribution in [0.5, 0.6) is 0 Å². The first-order valence-corrected chi connectivity index (χ1v) is 3.44. The molecule has 1 rings (SSSR count). The lowest BCUT2D eigenvalue weighted by Crippen LogP contribution is -2.54. The fraction of sp³-hybridized carbons (Fsp3) is 0.833. The molecule has 0 aromatic rings. The van der Waals surface area contributed by atoms with Crippen LogP contribution in [0.1, 0.15) is 0 Å². The third kappa shape index (κ3) is 1.58. The van der Waals surface area contributed by atoms with Gasteiger partial charge in [0.05, 0.1) is 6.61 Å². The number of rotatable bonds is 1. The van der Waals surface area contributed by atoms with E-state index in [1.807, 2.05) is 0 Å². The van der Waals surface area contributed by atoms with Crippen molar-refractivity contribution in [3.8, 4) is 0 Å². The van der Waals surface area contributed by atoms with E-state index in [2.05, 4.69) is 4.74 Å². The van der Waals surface area contributed by atoms with Crippen molar-refractivity contribution in [1.82, 2.24) is 0 Å². The molecule has 0 bridgehead atoms. The normalized spacial score (nSPS) is 44.8. The molecule has 1 saturated heterocycles. The van der Waals surface area contributed by atoms with Gasteiger partial charge in [-0.25, -0.2) is 0 Å². The molecular formula is C6H11O6. The molecule has 71 valence electrons. The van der Waals surface area contributed by atoms with E-state index in [-0.39, 0.29) is 0 Å². The molecule has 5 N–H and O–H groups in total. The number of aliphatic hydroxyl groups excluding tert-OH is 5. The summed E-state index contributed by atoms with van der Waals surface area (Å²) in [5.41, 5.74) is 0. The van der Waals surface area contributed by atoms with Gasteiger partial charge in [-0.1, -0.05) is 0 Å². The maximum Gasteiger partial charge on any atom is 0.184 e. The molecule has 0 unspecified atom stereocenters. The van der Waals surface area contributed by atoms with E-state index in [9.17, 15) is 0 Å². The van der Waals surface area contributed by atoms with Crippen molar-refractivity contribution >= 4 is 0 Å². The monoisotopic (exact) mass is 179 g/mol. The summed E-state index contributed by atoms with van der Waals surface area (Å²) in [5, 5.41) is 44.5. The molecule has 4 atom stereocenters. The predicted octanol–water partition coefficient (Wildman–Crippen LogP) is -2.68. The molecular weight excluding hydrogens is 168 g/mol. The summed E-state index contributed by atoms with van der Waals surface area (Å²) in [6.07, 6.45) is -6.46. The summed E-state index contributed by atoms with van der Waals surface area (Å²) < 4.78 is 4.54. The fourth-order valence-electron chi connectivity index (χ4n) is 0.976. The first-order chi connectivity index (χ1) is 5.57. The number of aliphatic hydroxyl groups is 5. The van der Waals surface area contributed by atoms with Crippen molar-refractivity contribution in [2.45, 2.75) is 24.6 Å². The van der Waals surface area contributed by atoms with Gasteiger partial charge < -0.3 is 30.3 Å². The molecule has 0 spiro atoms. The van der Waals surface area contributed by atoms with E-state index in [0.717, 1.165) is 0 Å². The minimum atomic E-state index is -1.59. The molecule has 0 aromatic heterocycles. The minimum Gasteiger partial charge on any atom is -0.394 e. The second-order valence-electron chi connectivity index (χ2n) is 2.56. The SMILES string of the molecule is OC[C@H]1O[C@H](O)[C@H](O)[C@@H](O)[C]1O. The van der Waals surface area contributed by atoms with Crippen molar-refractivity contribution in [1.29, 1.82) is 0 Å². The third-order valence-electron chi connectivity index (χ3n) is 1.72. The highest BCUT2D eigenvalue weighted by Crippen LogP contribution is 2.24. The van der Waals surface area contributed by atoms with Crippen LogP contribution >= 0.6 is 0 Å². The van der Waals surface area contributed by atoms with Crippen LogP contribution in [0.4, 0.5) is 0 Å². The Morgan fingerprint density at radius 2 is 1.83 bits per heavy atom. The van der Waals surface area contributed by atoms with E-state index >= 15 is 0 Å². The Morgan fingerprint density at radius 1 is 1.25 bits per heavy atom. The zero-order chi connectivity index (χ0) is 9.30. The van der Waals surface area contributed by atoms with Crippen LogP contribution < -0.4 is 0 Å². The van der Waals surface area contributed by atoms with Gasteiger partial charge in [0.25, 0.3) is 0 Å². The number of ether oxygens (including phenoxy) is 1. The average Bonchev–Trinajstić information content (AvgIpc) is 2.08. The second kappa shape index (κ2) is 3.65. The van der Waals surface area contributed by atoms with Crippen LogP contribution in [0.25, 0.3) is 0 Å². The van der Waals surface area contributed by atoms with Crippen LogP contribution in [0.3, 0.4) is 0 Å². The van der Waals surface area contributed by atoms with Crippen molar-refractivity contribution in [2.75, 3.05) is 6.61 Å². The lowest BCUT2D eigenvalue weighted by molar-refractivity contribution is -0.259. The standard InChI is InChI=1S/C6H11O6/c7-1-2-3(8)4(9)5(10)6(11)12-2/h2,4-11H,1H2/t2-,4+,5-,6+/m1/s1. The topological polar surface area (TPSA) is 110 Å². The summed E-state index contributed by atoms with van der Waals surface area (Å²) in [6, 6.07) is 0. The number of hydrogen-bond acceptors (Lipinski definition) is 6. The van der Waals surface area contributed by atoms with Gasteiger partial charge in [-0.15, -0.1) is 0 Å². The maximum absolute atomic E-state index is 9.04. The van der Waals surface area contributed by atoms with Crippen molar-refractivity contribution in [3.63, 3.8) is 0 Å².